The van der Waals surface area contributed by atoms with Gasteiger partial charge in [-0.3, -0.25) is 14.4 Å². The first-order chi connectivity index (χ1) is 35.6. The normalized spacial score (nSPS) is 18.6. The summed E-state index contributed by atoms with van der Waals surface area (Å²) in [5, 5.41) is 31.5. The quantitative estimate of drug-likeness (QED) is 0.0228. The Morgan fingerprint density at radius 1 is 0.452 bits per heavy atom. The van der Waals surface area contributed by atoms with E-state index in [1.54, 1.807) is 0 Å². The van der Waals surface area contributed by atoms with E-state index in [1.807, 2.05) is 0 Å². The molecule has 1 rings (SSSR count). The van der Waals surface area contributed by atoms with Gasteiger partial charge in [-0.05, 0) is 77.0 Å². The lowest BCUT2D eigenvalue weighted by molar-refractivity contribution is -0.301. The lowest BCUT2D eigenvalue weighted by Gasteiger charge is -2.40. The highest BCUT2D eigenvalue weighted by Crippen LogP contribution is 2.26. The first-order valence-corrected chi connectivity index (χ1v) is 29.6. The van der Waals surface area contributed by atoms with Gasteiger partial charge in [0.15, 0.2) is 24.6 Å². The van der Waals surface area contributed by atoms with Gasteiger partial charge in [0.2, 0.25) is 0 Å². The average molecular weight is 1030 g/mol. The van der Waals surface area contributed by atoms with Crippen molar-refractivity contribution in [2.75, 3.05) is 13.2 Å². The molecule has 12 heteroatoms. The van der Waals surface area contributed by atoms with E-state index in [-0.39, 0.29) is 25.9 Å². The van der Waals surface area contributed by atoms with Gasteiger partial charge in [-0.25, -0.2) is 4.79 Å². The van der Waals surface area contributed by atoms with Crippen molar-refractivity contribution in [2.24, 2.45) is 0 Å². The molecule has 0 amide bonds. The molecule has 0 aromatic heterocycles. The van der Waals surface area contributed by atoms with E-state index in [1.165, 1.54) is 83.5 Å². The highest BCUT2D eigenvalue weighted by atomic mass is 16.7. The van der Waals surface area contributed by atoms with Crippen molar-refractivity contribution >= 4 is 23.9 Å². The second-order valence-electron chi connectivity index (χ2n) is 20.3. The maximum Gasteiger partial charge on any atom is 0.335 e. The number of aliphatic hydroxyl groups excluding tert-OH is 2. The maximum absolute atomic E-state index is 13.1. The van der Waals surface area contributed by atoms with Gasteiger partial charge in [-0.2, -0.15) is 0 Å². The van der Waals surface area contributed by atoms with Gasteiger partial charge >= 0.3 is 23.9 Å². The Labute approximate surface area is 443 Å². The summed E-state index contributed by atoms with van der Waals surface area (Å²) in [5.41, 5.74) is 0. The van der Waals surface area contributed by atoms with Crippen LogP contribution in [-0.2, 0) is 42.9 Å². The van der Waals surface area contributed by atoms with Crippen LogP contribution in [0, 0.1) is 0 Å². The van der Waals surface area contributed by atoms with Crippen LogP contribution in [0.3, 0.4) is 0 Å². The smallest absolute Gasteiger partial charge is 0.335 e. The first-order valence-electron chi connectivity index (χ1n) is 29.6. The summed E-state index contributed by atoms with van der Waals surface area (Å²) >= 11 is 0. The van der Waals surface area contributed by atoms with E-state index in [9.17, 15) is 34.5 Å². The molecule has 3 N–H and O–H groups in total. The van der Waals surface area contributed by atoms with Gasteiger partial charge in [0.1, 0.15) is 18.8 Å². The van der Waals surface area contributed by atoms with Crippen molar-refractivity contribution in [3.63, 3.8) is 0 Å². The molecule has 6 unspecified atom stereocenters. The van der Waals surface area contributed by atoms with E-state index < -0.39 is 67.3 Å². The predicted molar refractivity (Wildman–Crippen MR) is 294 cm³/mol. The number of carbonyl (C=O) groups excluding carboxylic acids is 3. The molecule has 0 saturated carbocycles. The Bertz CT molecular complexity index is 1460. The summed E-state index contributed by atoms with van der Waals surface area (Å²) in [4.78, 5) is 51.1. The van der Waals surface area contributed by atoms with Crippen molar-refractivity contribution in [1.82, 2.24) is 0 Å². The number of hydrogen-bond donors (Lipinski definition) is 3. The molecule has 0 aliphatic carbocycles. The van der Waals surface area contributed by atoms with Crippen LogP contribution in [0.25, 0.3) is 0 Å². The molecule has 1 saturated heterocycles. The van der Waals surface area contributed by atoms with Crippen LogP contribution in [0.5, 0.6) is 0 Å². The van der Waals surface area contributed by atoms with Gasteiger partial charge in [0.25, 0.3) is 0 Å². The molecule has 73 heavy (non-hydrogen) atoms. The molecule has 1 heterocycles. The number of esters is 3. The van der Waals surface area contributed by atoms with Crippen LogP contribution in [0.2, 0.25) is 0 Å². The molecule has 1 fully saturated rings. The number of carboxylic acid groups (broad SMARTS) is 1. The fourth-order valence-electron chi connectivity index (χ4n) is 8.79. The minimum atomic E-state index is -1.90. The van der Waals surface area contributed by atoms with Crippen LogP contribution in [0.4, 0.5) is 0 Å². The van der Waals surface area contributed by atoms with Gasteiger partial charge < -0.3 is 39.0 Å². The van der Waals surface area contributed by atoms with Gasteiger partial charge in [0, 0.05) is 19.3 Å². The third-order valence-corrected chi connectivity index (χ3v) is 13.4. The summed E-state index contributed by atoms with van der Waals surface area (Å²) in [5.74, 6) is -3.14. The number of ether oxygens (including phenoxy) is 5. The molecule has 0 spiro atoms. The number of carboxylic acids is 1. The Morgan fingerprint density at radius 3 is 1.32 bits per heavy atom. The van der Waals surface area contributed by atoms with E-state index in [0.29, 0.717) is 19.3 Å². The lowest BCUT2D eigenvalue weighted by Crippen LogP contribution is -2.61. The van der Waals surface area contributed by atoms with Crippen LogP contribution >= 0.6 is 0 Å². The molecule has 0 radical (unpaired) electrons. The molecule has 12 nitrogen and oxygen atoms in total. The number of rotatable bonds is 50. The summed E-state index contributed by atoms with van der Waals surface area (Å²) in [6.45, 7) is 5.89. The van der Waals surface area contributed by atoms with E-state index in [2.05, 4.69) is 69.4 Å². The fraction of sp³-hybridized carbons (Fsp3) is 0.803. The van der Waals surface area contributed by atoms with Gasteiger partial charge in [-0.1, -0.05) is 217 Å². The Hall–Kier alpha value is -3.32. The number of allylic oxidation sites excluding steroid dienone is 8. The highest BCUT2D eigenvalue weighted by Gasteiger charge is 2.50. The second-order valence-corrected chi connectivity index (χ2v) is 20.3. The highest BCUT2D eigenvalue weighted by molar-refractivity contribution is 5.74. The number of hydrogen-bond acceptors (Lipinski definition) is 11. The Morgan fingerprint density at radius 2 is 0.849 bits per heavy atom. The average Bonchev–Trinajstić information content (AvgIpc) is 3.37. The number of carbonyl (C=O) groups is 4. The van der Waals surface area contributed by atoms with E-state index in [0.717, 1.165) is 122 Å². The third-order valence-electron chi connectivity index (χ3n) is 13.4. The summed E-state index contributed by atoms with van der Waals surface area (Å²) < 4.78 is 28.4. The van der Waals surface area contributed by atoms with E-state index >= 15 is 0 Å². The molecule has 0 aromatic carbocycles. The lowest BCUT2D eigenvalue weighted by atomic mass is 9.98. The summed E-state index contributed by atoms with van der Waals surface area (Å²) in [6, 6.07) is 0. The van der Waals surface area contributed by atoms with Crippen molar-refractivity contribution in [1.29, 1.82) is 0 Å². The molecular formula is C61H106O12. The van der Waals surface area contributed by atoms with Crippen LogP contribution in [-0.4, -0.2) is 89.2 Å². The van der Waals surface area contributed by atoms with Gasteiger partial charge in [-0.15, -0.1) is 0 Å². The minimum absolute atomic E-state index is 0.0611. The molecule has 1 aliphatic rings. The zero-order chi connectivity index (χ0) is 53.3. The zero-order valence-corrected chi connectivity index (χ0v) is 46.4. The number of unbranched alkanes of at least 4 members (excludes halogenated alkanes) is 28. The van der Waals surface area contributed by atoms with Crippen LogP contribution in [0.15, 0.2) is 48.6 Å². The van der Waals surface area contributed by atoms with Crippen molar-refractivity contribution in [3.05, 3.63) is 48.6 Å². The standard InChI is InChI=1S/C61H106O12/c1-4-7-10-13-16-19-22-25-27-30-32-35-38-41-44-47-53(62)69-50-52(71-54(63)48-45-42-39-36-33-29-24-21-18-15-12-9-6-3)51-70-61-59(57(66)56(65)58(73-61)60(67)68)72-55(64)49-46-43-40-37-34-31-28-26-23-20-17-14-11-8-5-2/h12,15-16,19,21,24-25,27,52,56-59,61,65-66H,4-11,13-14,17-18,20,22-23,26,28-51H2,1-3H3,(H,67,68)/b15-12-,19-16-,24-21-,27-25-. The van der Waals surface area contributed by atoms with Crippen molar-refractivity contribution < 1.29 is 58.2 Å². The molecule has 6 atom stereocenters. The van der Waals surface area contributed by atoms with Crippen molar-refractivity contribution in [2.45, 2.75) is 302 Å². The number of aliphatic hydroxyl groups is 2. The summed E-state index contributed by atoms with van der Waals surface area (Å²) in [7, 11) is 0. The zero-order valence-electron chi connectivity index (χ0n) is 46.4. The largest absolute Gasteiger partial charge is 0.479 e. The third kappa shape index (κ3) is 39.7. The molecule has 0 aromatic rings. The Balaban J connectivity index is 2.70. The molecule has 1 aliphatic heterocycles. The SMILES string of the molecule is CCC/C=C\C/C=C\CCCCCCCC(=O)OC(COC(=O)CCCCCCC/C=C\C/C=C\CCCCC)COC1OC(C(=O)O)C(O)C(O)C1OC(=O)CCCCCCCCCCCCCCCCC. The number of aliphatic carboxylic acids is 1. The first kappa shape index (κ1) is 67.7. The van der Waals surface area contributed by atoms with Gasteiger partial charge in [0.05, 0.1) is 6.61 Å². The Kier molecular flexibility index (Phi) is 45.9. The van der Waals surface area contributed by atoms with E-state index in [4.69, 9.17) is 23.7 Å². The minimum Gasteiger partial charge on any atom is -0.479 e. The summed E-state index contributed by atoms with van der Waals surface area (Å²) in [6.07, 6.45) is 46.5. The predicted octanol–water partition coefficient (Wildman–Crippen LogP) is 15.0. The molecular weight excluding hydrogens is 925 g/mol. The molecule has 0 bridgehead atoms. The van der Waals surface area contributed by atoms with Crippen LogP contribution in [0.1, 0.15) is 265 Å². The van der Waals surface area contributed by atoms with Crippen molar-refractivity contribution in [3.8, 4) is 0 Å². The topological polar surface area (TPSA) is 175 Å². The second kappa shape index (κ2) is 49.6. The maximum atomic E-state index is 13.1. The fourth-order valence-corrected chi connectivity index (χ4v) is 8.79. The molecule has 422 valence electrons. The monoisotopic (exact) mass is 1030 g/mol. The van der Waals surface area contributed by atoms with Crippen LogP contribution < -0.4 is 0 Å².